The summed E-state index contributed by atoms with van der Waals surface area (Å²) in [5.41, 5.74) is 1.31. The predicted octanol–water partition coefficient (Wildman–Crippen LogP) is 2.63. The molecule has 0 aliphatic rings. The van der Waals surface area contributed by atoms with Gasteiger partial charge < -0.3 is 20.5 Å². The topological polar surface area (TPSA) is 87.7 Å². The molecule has 0 heterocycles. The molecule has 116 valence electrons. The molecule has 0 atom stereocenters. The molecule has 21 heavy (non-hydrogen) atoms. The van der Waals surface area contributed by atoms with Gasteiger partial charge in [-0.25, -0.2) is 9.59 Å². The van der Waals surface area contributed by atoms with Crippen LogP contribution in [0.15, 0.2) is 18.2 Å². The maximum atomic E-state index is 11.7. The van der Waals surface area contributed by atoms with E-state index in [4.69, 9.17) is 9.84 Å². The third-order valence-electron chi connectivity index (χ3n) is 3.04. The SMILES string of the molecule is COCCCCCNC(=O)Nc1ccc(C)c(C(=O)O)c1. The normalized spacial score (nSPS) is 10.2. The van der Waals surface area contributed by atoms with Crippen molar-refractivity contribution in [2.24, 2.45) is 0 Å². The van der Waals surface area contributed by atoms with Crippen molar-refractivity contribution in [3.05, 3.63) is 29.3 Å². The molecule has 1 aromatic carbocycles. The van der Waals surface area contributed by atoms with Gasteiger partial charge in [-0.2, -0.15) is 0 Å². The minimum absolute atomic E-state index is 0.187. The highest BCUT2D eigenvalue weighted by Crippen LogP contribution is 2.15. The highest BCUT2D eigenvalue weighted by Gasteiger charge is 2.09. The number of anilines is 1. The lowest BCUT2D eigenvalue weighted by atomic mass is 10.1. The zero-order chi connectivity index (χ0) is 15.7. The summed E-state index contributed by atoms with van der Waals surface area (Å²) in [6, 6.07) is 4.47. The molecule has 0 aromatic heterocycles. The molecule has 0 unspecified atom stereocenters. The zero-order valence-electron chi connectivity index (χ0n) is 12.4. The Hall–Kier alpha value is -2.08. The van der Waals surface area contributed by atoms with E-state index in [1.165, 1.54) is 6.07 Å². The van der Waals surface area contributed by atoms with Gasteiger partial charge in [-0.15, -0.1) is 0 Å². The van der Waals surface area contributed by atoms with Gasteiger partial charge in [0, 0.05) is 25.9 Å². The van der Waals surface area contributed by atoms with Crippen LogP contribution in [0.1, 0.15) is 35.2 Å². The third kappa shape index (κ3) is 6.27. The van der Waals surface area contributed by atoms with Crippen LogP contribution in [0.3, 0.4) is 0 Å². The second-order valence-corrected chi connectivity index (χ2v) is 4.77. The number of urea groups is 1. The summed E-state index contributed by atoms with van der Waals surface area (Å²) in [4.78, 5) is 22.7. The first kappa shape index (κ1) is 17.0. The Morgan fingerprint density at radius 3 is 2.67 bits per heavy atom. The summed E-state index contributed by atoms with van der Waals surface area (Å²) < 4.78 is 4.94. The Labute approximate surface area is 124 Å². The van der Waals surface area contributed by atoms with Gasteiger partial charge in [-0.1, -0.05) is 6.07 Å². The summed E-state index contributed by atoms with van der Waals surface area (Å²) in [6.45, 7) is 3.02. The highest BCUT2D eigenvalue weighted by atomic mass is 16.5. The third-order valence-corrected chi connectivity index (χ3v) is 3.04. The van der Waals surface area contributed by atoms with Gasteiger partial charge in [-0.05, 0) is 43.9 Å². The summed E-state index contributed by atoms with van der Waals surface area (Å²) >= 11 is 0. The van der Waals surface area contributed by atoms with Gasteiger partial charge in [0.1, 0.15) is 0 Å². The van der Waals surface area contributed by atoms with Crippen molar-refractivity contribution in [2.75, 3.05) is 25.6 Å². The second kappa shape index (κ2) is 8.97. The molecular formula is C15H22N2O4. The van der Waals surface area contributed by atoms with E-state index in [9.17, 15) is 9.59 Å². The van der Waals surface area contributed by atoms with E-state index in [0.29, 0.717) is 17.8 Å². The van der Waals surface area contributed by atoms with E-state index < -0.39 is 5.97 Å². The smallest absolute Gasteiger partial charge is 0.336 e. The number of carboxylic acids is 1. The van der Waals surface area contributed by atoms with Crippen molar-refractivity contribution in [2.45, 2.75) is 26.2 Å². The number of methoxy groups -OCH3 is 1. The predicted molar refractivity (Wildman–Crippen MR) is 80.9 cm³/mol. The first-order valence-electron chi connectivity index (χ1n) is 6.92. The van der Waals surface area contributed by atoms with Crippen molar-refractivity contribution in [1.82, 2.24) is 5.32 Å². The number of carbonyl (C=O) groups excluding carboxylic acids is 1. The first-order valence-corrected chi connectivity index (χ1v) is 6.92. The number of aryl methyl sites for hydroxylation is 1. The van der Waals surface area contributed by atoms with Crippen LogP contribution in [0.2, 0.25) is 0 Å². The Kier molecular flexibility index (Phi) is 7.25. The highest BCUT2D eigenvalue weighted by molar-refractivity contribution is 5.94. The van der Waals surface area contributed by atoms with Crippen LogP contribution in [-0.2, 0) is 4.74 Å². The molecule has 0 aliphatic heterocycles. The molecule has 1 rings (SSSR count). The summed E-state index contributed by atoms with van der Waals surface area (Å²) in [7, 11) is 1.67. The summed E-state index contributed by atoms with van der Waals surface area (Å²) in [6.07, 6.45) is 2.84. The number of unbranched alkanes of at least 4 members (excludes halogenated alkanes) is 2. The van der Waals surface area contributed by atoms with Gasteiger partial charge in [0.25, 0.3) is 0 Å². The number of ether oxygens (including phenoxy) is 1. The minimum atomic E-state index is -1.00. The van der Waals surface area contributed by atoms with Crippen LogP contribution < -0.4 is 10.6 Å². The number of nitrogens with one attached hydrogen (secondary N) is 2. The van der Waals surface area contributed by atoms with Crippen LogP contribution in [-0.4, -0.2) is 37.4 Å². The van der Waals surface area contributed by atoms with E-state index >= 15 is 0 Å². The van der Waals surface area contributed by atoms with Crippen molar-refractivity contribution < 1.29 is 19.4 Å². The fourth-order valence-electron chi connectivity index (χ4n) is 1.86. The molecule has 0 bridgehead atoms. The quantitative estimate of drug-likeness (QED) is 0.643. The van der Waals surface area contributed by atoms with E-state index in [1.807, 2.05) is 0 Å². The van der Waals surface area contributed by atoms with Gasteiger partial charge in [-0.3, -0.25) is 0 Å². The Morgan fingerprint density at radius 1 is 1.24 bits per heavy atom. The molecule has 6 heteroatoms. The average molecular weight is 294 g/mol. The molecule has 2 amide bonds. The van der Waals surface area contributed by atoms with Crippen LogP contribution in [0.5, 0.6) is 0 Å². The molecule has 6 nitrogen and oxygen atoms in total. The Bertz CT molecular complexity index is 489. The zero-order valence-corrected chi connectivity index (χ0v) is 12.4. The molecule has 0 saturated carbocycles. The summed E-state index contributed by atoms with van der Waals surface area (Å²) in [5, 5.41) is 14.4. The van der Waals surface area contributed by atoms with Crippen molar-refractivity contribution >= 4 is 17.7 Å². The Morgan fingerprint density at radius 2 is 2.00 bits per heavy atom. The molecule has 3 N–H and O–H groups in total. The maximum absolute atomic E-state index is 11.7. The number of rotatable bonds is 8. The molecule has 0 fully saturated rings. The van der Waals surface area contributed by atoms with Gasteiger partial charge in [0.2, 0.25) is 0 Å². The van der Waals surface area contributed by atoms with Crippen LogP contribution in [0.25, 0.3) is 0 Å². The lowest BCUT2D eigenvalue weighted by molar-refractivity contribution is 0.0696. The van der Waals surface area contributed by atoms with E-state index in [1.54, 1.807) is 26.2 Å². The fraction of sp³-hybridized carbons (Fsp3) is 0.467. The lowest BCUT2D eigenvalue weighted by Crippen LogP contribution is -2.29. The monoisotopic (exact) mass is 294 g/mol. The fourth-order valence-corrected chi connectivity index (χ4v) is 1.86. The number of benzene rings is 1. The van der Waals surface area contributed by atoms with Crippen molar-refractivity contribution in [1.29, 1.82) is 0 Å². The number of carbonyl (C=O) groups is 2. The van der Waals surface area contributed by atoms with Crippen LogP contribution in [0, 0.1) is 6.92 Å². The van der Waals surface area contributed by atoms with Crippen molar-refractivity contribution in [3.8, 4) is 0 Å². The van der Waals surface area contributed by atoms with Crippen LogP contribution in [0.4, 0.5) is 10.5 Å². The van der Waals surface area contributed by atoms with E-state index in [0.717, 1.165) is 25.9 Å². The number of hydrogen-bond acceptors (Lipinski definition) is 3. The van der Waals surface area contributed by atoms with Gasteiger partial charge in [0.15, 0.2) is 0 Å². The maximum Gasteiger partial charge on any atom is 0.336 e. The molecule has 0 radical (unpaired) electrons. The molecular weight excluding hydrogens is 272 g/mol. The first-order chi connectivity index (χ1) is 10.0. The number of hydrogen-bond donors (Lipinski definition) is 3. The van der Waals surface area contributed by atoms with Crippen LogP contribution >= 0.6 is 0 Å². The number of amides is 2. The minimum Gasteiger partial charge on any atom is -0.478 e. The standard InChI is InChI=1S/C15H22N2O4/c1-11-6-7-12(10-13(11)14(18)19)17-15(20)16-8-4-3-5-9-21-2/h6-7,10H,3-5,8-9H2,1-2H3,(H,18,19)(H2,16,17,20). The van der Waals surface area contributed by atoms with Crippen molar-refractivity contribution in [3.63, 3.8) is 0 Å². The lowest BCUT2D eigenvalue weighted by Gasteiger charge is -2.09. The second-order valence-electron chi connectivity index (χ2n) is 4.77. The number of carboxylic acid groups (broad SMARTS) is 1. The molecule has 0 spiro atoms. The van der Waals surface area contributed by atoms with E-state index in [2.05, 4.69) is 10.6 Å². The molecule has 0 aliphatic carbocycles. The number of aromatic carboxylic acids is 1. The largest absolute Gasteiger partial charge is 0.478 e. The Balaban J connectivity index is 2.38. The summed E-state index contributed by atoms with van der Waals surface area (Å²) in [5.74, 6) is -1.00. The molecule has 0 saturated heterocycles. The van der Waals surface area contributed by atoms with E-state index in [-0.39, 0.29) is 11.6 Å². The van der Waals surface area contributed by atoms with Gasteiger partial charge in [0.05, 0.1) is 5.56 Å². The van der Waals surface area contributed by atoms with Gasteiger partial charge >= 0.3 is 12.0 Å². The average Bonchev–Trinajstić information content (AvgIpc) is 2.44. The molecule has 1 aromatic rings.